The van der Waals surface area contributed by atoms with Gasteiger partial charge in [0, 0.05) is 13.1 Å². The molecule has 1 atom stereocenters. The Balaban J connectivity index is 0.00000264. The molecule has 0 aromatic carbocycles. The number of carbonyl (C=O) groups is 1. The Morgan fingerprint density at radius 3 is 2.17 bits per heavy atom. The van der Waals surface area contributed by atoms with Gasteiger partial charge in [-0.05, 0) is 57.8 Å². The summed E-state index contributed by atoms with van der Waals surface area (Å²) < 4.78 is 6.27. The van der Waals surface area contributed by atoms with Gasteiger partial charge in [-0.15, -0.1) is 12.4 Å². The van der Waals surface area contributed by atoms with E-state index in [2.05, 4.69) is 13.8 Å². The Kier molecular flexibility index (Phi) is 8.32. The minimum absolute atomic E-state index is 0. The molecule has 0 spiro atoms. The fourth-order valence-corrected chi connectivity index (χ4v) is 3.82. The lowest BCUT2D eigenvalue weighted by Crippen LogP contribution is -2.55. The molecular formula is C18H35ClN2O2. The fourth-order valence-electron chi connectivity index (χ4n) is 3.82. The van der Waals surface area contributed by atoms with E-state index in [4.69, 9.17) is 10.5 Å². The molecule has 0 bridgehead atoms. The number of hydrogen-bond acceptors (Lipinski definition) is 3. The Labute approximate surface area is 147 Å². The molecule has 5 heteroatoms. The van der Waals surface area contributed by atoms with E-state index in [1.165, 1.54) is 25.7 Å². The lowest BCUT2D eigenvalue weighted by atomic mass is 9.88. The highest BCUT2D eigenvalue weighted by Gasteiger charge is 2.34. The fraction of sp³-hybridized carbons (Fsp3) is 0.944. The standard InChI is InChI=1S/C18H34N2O2.ClH/c1-4-11-18(3,19)17(21)20-12-9-16(10-13-20)22-15-7-5-14(2)6-8-15;/h14-16H,4-13,19H2,1-3H3;1H. The van der Waals surface area contributed by atoms with Crippen LogP contribution in [0.15, 0.2) is 0 Å². The Morgan fingerprint density at radius 1 is 1.13 bits per heavy atom. The summed E-state index contributed by atoms with van der Waals surface area (Å²) in [5.74, 6) is 0.972. The van der Waals surface area contributed by atoms with Crippen molar-refractivity contribution in [2.75, 3.05) is 13.1 Å². The van der Waals surface area contributed by atoms with Gasteiger partial charge in [0.05, 0.1) is 17.7 Å². The van der Waals surface area contributed by atoms with Gasteiger partial charge in [0.1, 0.15) is 0 Å². The highest BCUT2D eigenvalue weighted by molar-refractivity contribution is 5.86. The van der Waals surface area contributed by atoms with Crippen molar-refractivity contribution in [2.24, 2.45) is 11.7 Å². The maximum absolute atomic E-state index is 12.5. The molecule has 2 fully saturated rings. The Bertz CT molecular complexity index is 360. The molecule has 1 amide bonds. The summed E-state index contributed by atoms with van der Waals surface area (Å²) in [7, 11) is 0. The van der Waals surface area contributed by atoms with Crippen LogP contribution < -0.4 is 5.73 Å². The number of nitrogens with zero attached hydrogens (tertiary/aromatic N) is 1. The first-order valence-corrected chi connectivity index (χ1v) is 9.16. The van der Waals surface area contributed by atoms with Crippen molar-refractivity contribution in [2.45, 2.75) is 89.9 Å². The molecule has 2 N–H and O–H groups in total. The van der Waals surface area contributed by atoms with E-state index in [1.807, 2.05) is 11.8 Å². The maximum atomic E-state index is 12.5. The lowest BCUT2D eigenvalue weighted by molar-refractivity contribution is -0.140. The summed E-state index contributed by atoms with van der Waals surface area (Å²) in [4.78, 5) is 14.4. The summed E-state index contributed by atoms with van der Waals surface area (Å²) >= 11 is 0. The molecule has 0 radical (unpaired) electrons. The van der Waals surface area contributed by atoms with Crippen LogP contribution in [0.3, 0.4) is 0 Å². The molecule has 0 aromatic heterocycles. The molecule has 1 aliphatic carbocycles. The van der Waals surface area contributed by atoms with E-state index in [0.717, 1.165) is 44.7 Å². The lowest BCUT2D eigenvalue weighted by Gasteiger charge is -2.38. The quantitative estimate of drug-likeness (QED) is 0.828. The summed E-state index contributed by atoms with van der Waals surface area (Å²) in [5.41, 5.74) is 5.47. The molecule has 4 nitrogen and oxygen atoms in total. The minimum Gasteiger partial charge on any atom is -0.375 e. The number of piperidine rings is 1. The summed E-state index contributed by atoms with van der Waals surface area (Å²) in [6.07, 6.45) is 9.40. The number of rotatable bonds is 5. The van der Waals surface area contributed by atoms with Crippen molar-refractivity contribution in [3.63, 3.8) is 0 Å². The summed E-state index contributed by atoms with van der Waals surface area (Å²) in [6.45, 7) is 7.86. The normalized spacial score (nSPS) is 28.8. The van der Waals surface area contributed by atoms with Gasteiger partial charge >= 0.3 is 0 Å². The number of amides is 1. The van der Waals surface area contributed by atoms with Crippen LogP contribution in [0.25, 0.3) is 0 Å². The van der Waals surface area contributed by atoms with Gasteiger partial charge in [0.25, 0.3) is 0 Å². The van der Waals surface area contributed by atoms with Gasteiger partial charge in [0.2, 0.25) is 5.91 Å². The van der Waals surface area contributed by atoms with Crippen molar-refractivity contribution in [1.29, 1.82) is 0 Å². The van der Waals surface area contributed by atoms with Crippen LogP contribution >= 0.6 is 12.4 Å². The zero-order valence-electron chi connectivity index (χ0n) is 15.1. The number of nitrogens with two attached hydrogens (primary N) is 1. The molecule has 2 aliphatic rings. The second-order valence-electron chi connectivity index (χ2n) is 7.68. The van der Waals surface area contributed by atoms with Crippen LogP contribution in [-0.2, 0) is 9.53 Å². The highest BCUT2D eigenvalue weighted by atomic mass is 35.5. The average molecular weight is 347 g/mol. The van der Waals surface area contributed by atoms with E-state index in [-0.39, 0.29) is 18.3 Å². The summed E-state index contributed by atoms with van der Waals surface area (Å²) in [6, 6.07) is 0. The third-order valence-electron chi connectivity index (χ3n) is 5.33. The number of hydrogen-bond donors (Lipinski definition) is 1. The van der Waals surface area contributed by atoms with E-state index in [1.54, 1.807) is 0 Å². The third kappa shape index (κ3) is 5.91. The van der Waals surface area contributed by atoms with Gasteiger partial charge < -0.3 is 15.4 Å². The first-order valence-electron chi connectivity index (χ1n) is 9.16. The third-order valence-corrected chi connectivity index (χ3v) is 5.33. The number of likely N-dealkylation sites (tertiary alicyclic amines) is 1. The van der Waals surface area contributed by atoms with E-state index in [9.17, 15) is 4.79 Å². The van der Waals surface area contributed by atoms with Gasteiger partial charge in [-0.2, -0.15) is 0 Å². The number of carbonyl (C=O) groups excluding carboxylic acids is 1. The van der Waals surface area contributed by atoms with Gasteiger partial charge in [-0.25, -0.2) is 0 Å². The van der Waals surface area contributed by atoms with E-state index < -0.39 is 5.54 Å². The maximum Gasteiger partial charge on any atom is 0.242 e. The first-order chi connectivity index (χ1) is 10.4. The molecule has 1 saturated carbocycles. The van der Waals surface area contributed by atoms with Crippen LogP contribution in [0.1, 0.15) is 72.1 Å². The van der Waals surface area contributed by atoms with Crippen LogP contribution in [0.2, 0.25) is 0 Å². The predicted octanol–water partition coefficient (Wildman–Crippen LogP) is 3.51. The molecule has 1 saturated heterocycles. The molecule has 1 unspecified atom stereocenters. The predicted molar refractivity (Wildman–Crippen MR) is 96.9 cm³/mol. The molecular weight excluding hydrogens is 312 g/mol. The van der Waals surface area contributed by atoms with Crippen LogP contribution in [0.4, 0.5) is 0 Å². The second-order valence-corrected chi connectivity index (χ2v) is 7.68. The largest absolute Gasteiger partial charge is 0.375 e. The Morgan fingerprint density at radius 2 is 1.65 bits per heavy atom. The molecule has 2 rings (SSSR count). The first kappa shape index (κ1) is 20.7. The monoisotopic (exact) mass is 346 g/mol. The highest BCUT2D eigenvalue weighted by Crippen LogP contribution is 2.28. The van der Waals surface area contributed by atoms with Crippen molar-refractivity contribution < 1.29 is 9.53 Å². The topological polar surface area (TPSA) is 55.6 Å². The average Bonchev–Trinajstić information content (AvgIpc) is 2.49. The van der Waals surface area contributed by atoms with E-state index >= 15 is 0 Å². The van der Waals surface area contributed by atoms with Gasteiger partial charge in [-0.3, -0.25) is 4.79 Å². The van der Waals surface area contributed by atoms with Crippen LogP contribution in [0, 0.1) is 5.92 Å². The van der Waals surface area contributed by atoms with Gasteiger partial charge in [0.15, 0.2) is 0 Å². The van der Waals surface area contributed by atoms with Crippen molar-refractivity contribution in [3.8, 4) is 0 Å². The molecule has 136 valence electrons. The second kappa shape index (κ2) is 9.24. The van der Waals surface area contributed by atoms with Gasteiger partial charge in [-0.1, -0.05) is 20.3 Å². The van der Waals surface area contributed by atoms with Crippen molar-refractivity contribution in [3.05, 3.63) is 0 Å². The van der Waals surface area contributed by atoms with Crippen LogP contribution in [-0.4, -0.2) is 41.6 Å². The number of halogens is 1. The molecule has 1 heterocycles. The smallest absolute Gasteiger partial charge is 0.242 e. The molecule has 0 aromatic rings. The Hall–Kier alpha value is -0.320. The minimum atomic E-state index is -0.706. The van der Waals surface area contributed by atoms with Crippen molar-refractivity contribution >= 4 is 18.3 Å². The number of ether oxygens (including phenoxy) is 1. The zero-order valence-corrected chi connectivity index (χ0v) is 15.9. The molecule has 1 aliphatic heterocycles. The van der Waals surface area contributed by atoms with Crippen molar-refractivity contribution in [1.82, 2.24) is 4.90 Å². The van der Waals surface area contributed by atoms with E-state index in [0.29, 0.717) is 12.2 Å². The SMILES string of the molecule is CCCC(C)(N)C(=O)N1CCC(OC2CCC(C)CC2)CC1.Cl. The molecule has 23 heavy (non-hydrogen) atoms. The van der Waals surface area contributed by atoms with Crippen LogP contribution in [0.5, 0.6) is 0 Å². The zero-order chi connectivity index (χ0) is 16.2. The summed E-state index contributed by atoms with van der Waals surface area (Å²) in [5, 5.41) is 0.